The minimum Gasteiger partial charge on any atom is -0.454 e. The predicted molar refractivity (Wildman–Crippen MR) is 97.8 cm³/mol. The van der Waals surface area contributed by atoms with Crippen molar-refractivity contribution < 1.29 is 9.53 Å². The fourth-order valence-corrected chi connectivity index (χ4v) is 3.53. The van der Waals surface area contributed by atoms with Gasteiger partial charge in [-0.1, -0.05) is 18.2 Å². The molecule has 0 radical (unpaired) electrons. The van der Waals surface area contributed by atoms with Crippen LogP contribution in [0.15, 0.2) is 51.5 Å². The number of hydrogen-bond donors (Lipinski definition) is 1. The van der Waals surface area contributed by atoms with E-state index in [-0.39, 0.29) is 23.4 Å². The number of fused-ring (bicyclic) bond motifs is 2. The molecule has 3 aromatic heterocycles. The number of pyridine rings is 1. The van der Waals surface area contributed by atoms with Crippen LogP contribution >= 0.6 is 11.3 Å². The summed E-state index contributed by atoms with van der Waals surface area (Å²) in [4.78, 5) is 44.0. The van der Waals surface area contributed by atoms with Crippen LogP contribution in [0.4, 0.5) is 0 Å². The zero-order valence-corrected chi connectivity index (χ0v) is 14.5. The number of rotatable bonds is 3. The summed E-state index contributed by atoms with van der Waals surface area (Å²) in [6.07, 6.45) is 1.63. The largest absolute Gasteiger partial charge is 0.454 e. The highest BCUT2D eigenvalue weighted by atomic mass is 32.1. The average molecular weight is 367 g/mol. The minimum absolute atomic E-state index is 0.0997. The number of H-pyrrole nitrogens is 1. The summed E-state index contributed by atoms with van der Waals surface area (Å²) in [7, 11) is 0. The zero-order valence-electron chi connectivity index (χ0n) is 13.7. The molecule has 0 bridgehead atoms. The Labute approximate surface area is 150 Å². The highest BCUT2D eigenvalue weighted by Crippen LogP contribution is 2.18. The topological polar surface area (TPSA) is 93.5 Å². The zero-order chi connectivity index (χ0) is 18.3. The maximum absolute atomic E-state index is 12.4. The second kappa shape index (κ2) is 6.23. The van der Waals surface area contributed by atoms with Gasteiger partial charge in [0.15, 0.2) is 4.96 Å². The Kier molecular flexibility index (Phi) is 3.89. The fourth-order valence-electron chi connectivity index (χ4n) is 2.79. The van der Waals surface area contributed by atoms with Crippen LogP contribution in [0.2, 0.25) is 0 Å². The van der Waals surface area contributed by atoms with Crippen molar-refractivity contribution >= 4 is 33.0 Å². The van der Waals surface area contributed by atoms with E-state index in [1.54, 1.807) is 42.8 Å². The number of benzene rings is 1. The highest BCUT2D eigenvalue weighted by molar-refractivity contribution is 7.15. The van der Waals surface area contributed by atoms with E-state index in [1.807, 2.05) is 0 Å². The van der Waals surface area contributed by atoms with E-state index >= 15 is 0 Å². The predicted octanol–water partition coefficient (Wildman–Crippen LogP) is 2.26. The van der Waals surface area contributed by atoms with E-state index < -0.39 is 5.97 Å². The first-order chi connectivity index (χ1) is 12.5. The lowest BCUT2D eigenvalue weighted by molar-refractivity contribution is 0.0460. The van der Waals surface area contributed by atoms with Gasteiger partial charge in [0.2, 0.25) is 0 Å². The number of ether oxygens (including phenoxy) is 1. The van der Waals surface area contributed by atoms with Crippen LogP contribution in [0.1, 0.15) is 21.7 Å². The van der Waals surface area contributed by atoms with Gasteiger partial charge in [-0.25, -0.2) is 9.78 Å². The molecule has 8 heteroatoms. The number of nitrogens with one attached hydrogen (secondary N) is 1. The molecule has 130 valence electrons. The van der Waals surface area contributed by atoms with Crippen molar-refractivity contribution in [2.24, 2.45) is 0 Å². The molecule has 0 amide bonds. The van der Waals surface area contributed by atoms with Crippen LogP contribution in [-0.4, -0.2) is 20.3 Å². The lowest BCUT2D eigenvalue weighted by Crippen LogP contribution is -2.18. The normalized spacial score (nSPS) is 11.1. The molecule has 3 heterocycles. The summed E-state index contributed by atoms with van der Waals surface area (Å²) in [5, 5.41) is 2.96. The number of aryl methyl sites for hydroxylation is 1. The van der Waals surface area contributed by atoms with E-state index in [0.717, 1.165) is 0 Å². The van der Waals surface area contributed by atoms with Crippen LogP contribution in [0.3, 0.4) is 0 Å². The first kappa shape index (κ1) is 16.2. The third kappa shape index (κ3) is 2.70. The second-order valence-electron chi connectivity index (χ2n) is 5.72. The van der Waals surface area contributed by atoms with Crippen molar-refractivity contribution in [2.75, 3.05) is 0 Å². The Balaban J connectivity index is 1.64. The monoisotopic (exact) mass is 367 g/mol. The quantitative estimate of drug-likeness (QED) is 0.561. The van der Waals surface area contributed by atoms with Crippen LogP contribution in [0.5, 0.6) is 0 Å². The molecule has 0 unspecified atom stereocenters. The lowest BCUT2D eigenvalue weighted by Gasteiger charge is -2.09. The number of hydrogen-bond acceptors (Lipinski definition) is 6. The van der Waals surface area contributed by atoms with Crippen molar-refractivity contribution in [2.45, 2.75) is 13.5 Å². The SMILES string of the molecule is Cc1c(C(=O)OCc2cc(=O)n3ccsc3n2)[nH]c(=O)c2ccccc12. The summed E-state index contributed by atoms with van der Waals surface area (Å²) >= 11 is 1.32. The molecule has 4 rings (SSSR count). The van der Waals surface area contributed by atoms with Crippen LogP contribution in [0.25, 0.3) is 15.7 Å². The summed E-state index contributed by atoms with van der Waals surface area (Å²) in [6.45, 7) is 1.59. The number of carbonyl (C=O) groups is 1. The molecule has 7 nitrogen and oxygen atoms in total. The van der Waals surface area contributed by atoms with E-state index in [4.69, 9.17) is 4.74 Å². The number of esters is 1. The molecule has 4 aromatic rings. The number of aromatic nitrogens is 3. The molecule has 0 atom stereocenters. The summed E-state index contributed by atoms with van der Waals surface area (Å²) in [6, 6.07) is 8.37. The van der Waals surface area contributed by atoms with Gasteiger partial charge in [0.25, 0.3) is 11.1 Å². The van der Waals surface area contributed by atoms with Gasteiger partial charge in [-0.3, -0.25) is 14.0 Å². The molecule has 0 aliphatic heterocycles. The molecular formula is C18H13N3O4S. The van der Waals surface area contributed by atoms with Gasteiger partial charge in [-0.05, 0) is 23.9 Å². The highest BCUT2D eigenvalue weighted by Gasteiger charge is 2.16. The van der Waals surface area contributed by atoms with Gasteiger partial charge in [0.1, 0.15) is 12.3 Å². The molecule has 0 spiro atoms. The maximum atomic E-state index is 12.4. The van der Waals surface area contributed by atoms with Gasteiger partial charge in [0, 0.05) is 23.0 Å². The van der Waals surface area contributed by atoms with E-state index in [9.17, 15) is 14.4 Å². The number of aromatic amines is 1. The van der Waals surface area contributed by atoms with Crippen molar-refractivity contribution in [1.29, 1.82) is 0 Å². The molecular weight excluding hydrogens is 354 g/mol. The Morgan fingerprint density at radius 1 is 1.27 bits per heavy atom. The molecule has 0 aliphatic carbocycles. The lowest BCUT2D eigenvalue weighted by atomic mass is 10.1. The Hall–Kier alpha value is -3.26. The van der Waals surface area contributed by atoms with E-state index in [0.29, 0.717) is 27.0 Å². The molecule has 0 saturated heterocycles. The molecule has 1 N–H and O–H groups in total. The van der Waals surface area contributed by atoms with Gasteiger partial charge in [-0.2, -0.15) is 0 Å². The van der Waals surface area contributed by atoms with Crippen LogP contribution in [0, 0.1) is 6.92 Å². The summed E-state index contributed by atoms with van der Waals surface area (Å²) < 4.78 is 6.68. The third-order valence-electron chi connectivity index (χ3n) is 4.10. The maximum Gasteiger partial charge on any atom is 0.355 e. The molecule has 0 aliphatic rings. The van der Waals surface area contributed by atoms with Crippen LogP contribution < -0.4 is 11.1 Å². The first-order valence-corrected chi connectivity index (χ1v) is 8.67. The van der Waals surface area contributed by atoms with Crippen molar-refractivity contribution in [1.82, 2.24) is 14.4 Å². The van der Waals surface area contributed by atoms with E-state index in [1.165, 1.54) is 21.8 Å². The first-order valence-electron chi connectivity index (χ1n) is 7.79. The average Bonchev–Trinajstić information content (AvgIpc) is 3.12. The molecule has 1 aromatic carbocycles. The van der Waals surface area contributed by atoms with Gasteiger partial charge in [-0.15, -0.1) is 11.3 Å². The molecule has 26 heavy (non-hydrogen) atoms. The molecule has 0 saturated carbocycles. The Morgan fingerprint density at radius 2 is 2.04 bits per heavy atom. The second-order valence-corrected chi connectivity index (χ2v) is 6.59. The Bertz CT molecular complexity index is 1270. The van der Waals surface area contributed by atoms with Gasteiger partial charge < -0.3 is 9.72 Å². The Morgan fingerprint density at radius 3 is 2.85 bits per heavy atom. The fraction of sp³-hybridized carbons (Fsp3) is 0.111. The van der Waals surface area contributed by atoms with Crippen molar-refractivity contribution in [3.8, 4) is 0 Å². The standard InChI is InChI=1S/C18H13N3O4S/c1-10-12-4-2-3-5-13(12)16(23)20-15(10)17(24)25-9-11-8-14(22)21-6-7-26-18(21)19-11/h2-8H,9H2,1H3,(H,20,23). The van der Waals surface area contributed by atoms with Crippen molar-refractivity contribution in [3.63, 3.8) is 0 Å². The smallest absolute Gasteiger partial charge is 0.355 e. The summed E-state index contributed by atoms with van der Waals surface area (Å²) in [5.74, 6) is -0.668. The van der Waals surface area contributed by atoms with Gasteiger partial charge in [0.05, 0.1) is 5.69 Å². The van der Waals surface area contributed by atoms with Crippen molar-refractivity contribution in [3.05, 3.63) is 79.6 Å². The summed E-state index contributed by atoms with van der Waals surface area (Å²) in [5.41, 5.74) is 0.494. The number of thiazole rings is 1. The number of carbonyl (C=O) groups excluding carboxylic acids is 1. The van der Waals surface area contributed by atoms with Crippen LogP contribution in [-0.2, 0) is 11.3 Å². The van der Waals surface area contributed by atoms with E-state index in [2.05, 4.69) is 9.97 Å². The van der Waals surface area contributed by atoms with Gasteiger partial charge >= 0.3 is 5.97 Å². The third-order valence-corrected chi connectivity index (χ3v) is 4.86. The minimum atomic E-state index is -0.668. The number of nitrogens with zero attached hydrogens (tertiary/aromatic N) is 2. The molecule has 0 fully saturated rings.